The molecule has 0 atom stereocenters. The molecule has 0 saturated heterocycles. The zero-order chi connectivity index (χ0) is 15.4. The molecule has 0 radical (unpaired) electrons. The first-order valence-electron chi connectivity index (χ1n) is 7.07. The lowest BCUT2D eigenvalue weighted by Crippen LogP contribution is -2.25. The molecule has 112 valence electrons. The van der Waals surface area contributed by atoms with Crippen molar-refractivity contribution in [3.05, 3.63) is 52.8 Å². The van der Waals surface area contributed by atoms with Gasteiger partial charge in [0.1, 0.15) is 5.75 Å². The van der Waals surface area contributed by atoms with Gasteiger partial charge in [0.2, 0.25) is 0 Å². The monoisotopic (exact) mass is 286 g/mol. The van der Waals surface area contributed by atoms with E-state index in [9.17, 15) is 4.79 Å². The van der Waals surface area contributed by atoms with E-state index in [4.69, 9.17) is 4.74 Å². The number of rotatable bonds is 5. The van der Waals surface area contributed by atoms with E-state index in [-0.39, 0.29) is 5.91 Å². The Morgan fingerprint density at radius 1 is 1.29 bits per heavy atom. The number of aromatic nitrogens is 1. The van der Waals surface area contributed by atoms with E-state index in [1.807, 2.05) is 12.1 Å². The van der Waals surface area contributed by atoms with Crippen molar-refractivity contribution in [1.29, 1.82) is 0 Å². The molecule has 1 amide bonds. The predicted molar refractivity (Wildman–Crippen MR) is 83.9 cm³/mol. The van der Waals surface area contributed by atoms with E-state index in [0.717, 1.165) is 6.42 Å². The molecule has 4 nitrogen and oxygen atoms in total. The summed E-state index contributed by atoms with van der Waals surface area (Å²) in [5.41, 5.74) is 4.39. The van der Waals surface area contributed by atoms with Crippen molar-refractivity contribution in [2.75, 3.05) is 13.7 Å². The molecule has 0 aliphatic heterocycles. The van der Waals surface area contributed by atoms with E-state index in [0.29, 0.717) is 17.9 Å². The summed E-state index contributed by atoms with van der Waals surface area (Å²) in [5, 5.41) is 2.95. The first kappa shape index (κ1) is 15.2. The number of carbonyl (C=O) groups excluding carboxylic acids is 1. The summed E-state index contributed by atoms with van der Waals surface area (Å²) >= 11 is 0. The molecule has 1 N–H and O–H groups in total. The highest BCUT2D eigenvalue weighted by molar-refractivity contribution is 5.94. The van der Waals surface area contributed by atoms with Crippen molar-refractivity contribution in [3.63, 3.8) is 0 Å². The number of carbonyl (C=O) groups is 1. The highest BCUT2D eigenvalue weighted by Crippen LogP contribution is 2.14. The minimum absolute atomic E-state index is 0.0702. The molecule has 2 aromatic rings. The van der Waals surface area contributed by atoms with E-state index in [2.05, 4.69) is 36.8 Å². The average molecular weight is 286 g/mol. The molecular weight excluding hydrogens is 264 g/mol. The molecule has 0 fully saturated rings. The van der Waals surface area contributed by atoms with Gasteiger partial charge in [-0.3, -0.25) is 4.79 Å². The van der Waals surface area contributed by atoms with Gasteiger partial charge in [0, 0.05) is 30.5 Å². The van der Waals surface area contributed by atoms with Gasteiger partial charge in [-0.2, -0.15) is 0 Å². The topological polar surface area (TPSA) is 43.3 Å². The summed E-state index contributed by atoms with van der Waals surface area (Å²) in [6, 6.07) is 9.35. The molecule has 1 heterocycles. The van der Waals surface area contributed by atoms with Crippen LogP contribution in [0.5, 0.6) is 5.75 Å². The van der Waals surface area contributed by atoms with Crippen LogP contribution in [0.25, 0.3) is 0 Å². The van der Waals surface area contributed by atoms with Gasteiger partial charge >= 0.3 is 0 Å². The van der Waals surface area contributed by atoms with Crippen molar-refractivity contribution in [2.24, 2.45) is 7.05 Å². The fourth-order valence-corrected chi connectivity index (χ4v) is 2.36. The van der Waals surface area contributed by atoms with Crippen LogP contribution in [0.1, 0.15) is 27.3 Å². The fourth-order valence-electron chi connectivity index (χ4n) is 2.36. The summed E-state index contributed by atoms with van der Waals surface area (Å²) in [7, 11) is 3.65. The Kier molecular flexibility index (Phi) is 4.68. The summed E-state index contributed by atoms with van der Waals surface area (Å²) in [6.07, 6.45) is 0.837. The number of aryl methyl sites for hydroxylation is 1. The lowest BCUT2D eigenvalue weighted by molar-refractivity contribution is 0.0954. The zero-order valence-corrected chi connectivity index (χ0v) is 13.1. The van der Waals surface area contributed by atoms with Gasteiger partial charge in [0.15, 0.2) is 0 Å². The molecule has 1 aromatic heterocycles. The van der Waals surface area contributed by atoms with Gasteiger partial charge in [0.25, 0.3) is 5.91 Å². The normalized spacial score (nSPS) is 10.5. The maximum atomic E-state index is 12.1. The third-order valence-electron chi connectivity index (χ3n) is 3.89. The number of nitrogens with zero attached hydrogens (tertiary/aromatic N) is 1. The molecule has 21 heavy (non-hydrogen) atoms. The fraction of sp³-hybridized carbons (Fsp3) is 0.353. The van der Waals surface area contributed by atoms with E-state index in [1.165, 1.54) is 17.0 Å². The Balaban J connectivity index is 1.93. The van der Waals surface area contributed by atoms with E-state index < -0.39 is 0 Å². The number of ether oxygens (including phenoxy) is 1. The number of nitrogens with one attached hydrogen (secondary N) is 1. The third kappa shape index (κ3) is 3.45. The highest BCUT2D eigenvalue weighted by Gasteiger charge is 2.08. The second-order valence-corrected chi connectivity index (χ2v) is 5.19. The van der Waals surface area contributed by atoms with E-state index >= 15 is 0 Å². The smallest absolute Gasteiger partial charge is 0.251 e. The van der Waals surface area contributed by atoms with Crippen molar-refractivity contribution >= 4 is 5.91 Å². The van der Waals surface area contributed by atoms with Crippen LogP contribution >= 0.6 is 0 Å². The second-order valence-electron chi connectivity index (χ2n) is 5.19. The molecule has 2 rings (SSSR count). The van der Waals surface area contributed by atoms with Crippen LogP contribution in [0.3, 0.4) is 0 Å². The van der Waals surface area contributed by atoms with Crippen LogP contribution < -0.4 is 10.1 Å². The van der Waals surface area contributed by atoms with Crippen LogP contribution in [0, 0.1) is 13.8 Å². The van der Waals surface area contributed by atoms with Crippen molar-refractivity contribution in [2.45, 2.75) is 20.3 Å². The van der Waals surface area contributed by atoms with Gasteiger partial charge in [-0.25, -0.2) is 0 Å². The summed E-state index contributed by atoms with van der Waals surface area (Å²) in [5.74, 6) is 0.622. The Bertz CT molecular complexity index is 644. The highest BCUT2D eigenvalue weighted by atomic mass is 16.5. The summed E-state index contributed by atoms with van der Waals surface area (Å²) in [6.45, 7) is 4.82. The van der Waals surface area contributed by atoms with E-state index in [1.54, 1.807) is 19.2 Å². The third-order valence-corrected chi connectivity index (χ3v) is 3.89. The predicted octanol–water partition coefficient (Wildman–Crippen LogP) is 2.62. The van der Waals surface area contributed by atoms with Crippen molar-refractivity contribution < 1.29 is 9.53 Å². The lowest BCUT2D eigenvalue weighted by atomic mass is 10.1. The SMILES string of the molecule is COc1cccc(C(=O)NCCc2cc(C)n(C)c2C)c1. The minimum atomic E-state index is -0.0702. The Morgan fingerprint density at radius 3 is 2.67 bits per heavy atom. The molecule has 0 saturated carbocycles. The first-order chi connectivity index (χ1) is 10.0. The second kappa shape index (κ2) is 6.48. The molecule has 0 aliphatic rings. The lowest BCUT2D eigenvalue weighted by Gasteiger charge is -2.07. The minimum Gasteiger partial charge on any atom is -0.497 e. The van der Waals surface area contributed by atoms with Crippen LogP contribution in [-0.4, -0.2) is 24.1 Å². The van der Waals surface area contributed by atoms with Gasteiger partial charge in [-0.15, -0.1) is 0 Å². The van der Waals surface area contributed by atoms with Gasteiger partial charge in [-0.1, -0.05) is 6.07 Å². The Labute approximate surface area is 125 Å². The number of hydrogen-bond donors (Lipinski definition) is 1. The molecule has 0 bridgehead atoms. The zero-order valence-electron chi connectivity index (χ0n) is 13.1. The maximum absolute atomic E-state index is 12.1. The van der Waals surface area contributed by atoms with Crippen LogP contribution in [0.4, 0.5) is 0 Å². The molecular formula is C17H22N2O2. The summed E-state index contributed by atoms with van der Waals surface area (Å²) < 4.78 is 7.29. The van der Waals surface area contributed by atoms with Crippen molar-refractivity contribution in [3.8, 4) is 5.75 Å². The van der Waals surface area contributed by atoms with Gasteiger partial charge < -0.3 is 14.6 Å². The van der Waals surface area contributed by atoms with Crippen LogP contribution in [0.2, 0.25) is 0 Å². The molecule has 4 heteroatoms. The Hall–Kier alpha value is -2.23. The standard InChI is InChI=1S/C17H22N2O2/c1-12-10-14(13(2)19(12)3)8-9-18-17(20)15-6-5-7-16(11-15)21-4/h5-7,10-11H,8-9H2,1-4H3,(H,18,20). The molecule has 1 aromatic carbocycles. The van der Waals surface area contributed by atoms with Crippen molar-refractivity contribution in [1.82, 2.24) is 9.88 Å². The number of hydrogen-bond acceptors (Lipinski definition) is 2. The van der Waals surface area contributed by atoms with Crippen LogP contribution in [-0.2, 0) is 13.5 Å². The van der Waals surface area contributed by atoms with Gasteiger partial charge in [0.05, 0.1) is 7.11 Å². The molecule has 0 unspecified atom stereocenters. The number of amides is 1. The maximum Gasteiger partial charge on any atom is 0.251 e. The van der Waals surface area contributed by atoms with Gasteiger partial charge in [-0.05, 0) is 50.1 Å². The van der Waals surface area contributed by atoms with Crippen LogP contribution in [0.15, 0.2) is 30.3 Å². The number of benzene rings is 1. The Morgan fingerprint density at radius 2 is 2.05 bits per heavy atom. The average Bonchev–Trinajstić information content (AvgIpc) is 2.74. The molecule has 0 spiro atoms. The number of methoxy groups -OCH3 is 1. The summed E-state index contributed by atoms with van der Waals surface area (Å²) in [4.78, 5) is 12.1. The quantitative estimate of drug-likeness (QED) is 0.918. The molecule has 0 aliphatic carbocycles. The largest absolute Gasteiger partial charge is 0.497 e. The first-order valence-corrected chi connectivity index (χ1v) is 7.07.